The topological polar surface area (TPSA) is 232 Å². The fraction of sp³-hybridized carbons (Fsp3) is 0.316. The molecule has 0 aliphatic carbocycles. The van der Waals surface area contributed by atoms with Crippen molar-refractivity contribution in [3.8, 4) is 11.1 Å². The molecule has 16 heteroatoms. The van der Waals surface area contributed by atoms with Gasteiger partial charge in [-0.05, 0) is 48.9 Å². The summed E-state index contributed by atoms with van der Waals surface area (Å²) in [6.07, 6.45) is 7.92. The van der Waals surface area contributed by atoms with Gasteiger partial charge in [0.1, 0.15) is 12.1 Å². The molecule has 0 saturated carbocycles. The summed E-state index contributed by atoms with van der Waals surface area (Å²) in [6.45, 7) is 4.14. The van der Waals surface area contributed by atoms with E-state index in [4.69, 9.17) is 16.3 Å². The first-order valence-corrected chi connectivity index (χ1v) is 17.2. The number of fused-ring (bicyclic) bond motifs is 1. The van der Waals surface area contributed by atoms with Crippen LogP contribution in [0.4, 0.5) is 27.3 Å². The fourth-order valence-corrected chi connectivity index (χ4v) is 5.51. The second-order valence-corrected chi connectivity index (χ2v) is 12.2. The van der Waals surface area contributed by atoms with Crippen molar-refractivity contribution in [2.45, 2.75) is 52.0 Å². The number of nitrogens with one attached hydrogen (secondary N) is 4. The highest BCUT2D eigenvalue weighted by Gasteiger charge is 2.25. The molecule has 0 fully saturated rings. The molecule has 1 unspecified atom stereocenters. The number of nitrogen functional groups attached to an aromatic ring is 2. The van der Waals surface area contributed by atoms with Gasteiger partial charge in [0.2, 0.25) is 18.2 Å². The molecule has 0 bridgehead atoms. The number of aldehydes is 2. The molecule has 2 heterocycles. The van der Waals surface area contributed by atoms with E-state index in [1.54, 1.807) is 38.2 Å². The summed E-state index contributed by atoms with van der Waals surface area (Å²) in [7, 11) is 3.09. The lowest BCUT2D eigenvalue weighted by molar-refractivity contribution is -0.121. The molecule has 0 aliphatic heterocycles. The van der Waals surface area contributed by atoms with Crippen LogP contribution in [-0.4, -0.2) is 84.8 Å². The van der Waals surface area contributed by atoms with E-state index in [0.29, 0.717) is 58.8 Å². The predicted octanol–water partition coefficient (Wildman–Crippen LogP) is 3.86. The molecule has 286 valence electrons. The van der Waals surface area contributed by atoms with Gasteiger partial charge >= 0.3 is 0 Å². The van der Waals surface area contributed by atoms with Gasteiger partial charge in [-0.1, -0.05) is 25.5 Å². The van der Waals surface area contributed by atoms with Gasteiger partial charge < -0.3 is 42.4 Å². The van der Waals surface area contributed by atoms with E-state index in [-0.39, 0.29) is 72.4 Å². The minimum Gasteiger partial charge on any atom is -0.397 e. The Balaban J connectivity index is 0.00000186. The number of benzene rings is 2. The first-order chi connectivity index (χ1) is 25.9. The molecule has 2 aromatic carbocycles. The van der Waals surface area contributed by atoms with E-state index in [2.05, 4.69) is 31.2 Å². The summed E-state index contributed by atoms with van der Waals surface area (Å²) < 4.78 is 15.2. The van der Waals surface area contributed by atoms with Crippen LogP contribution in [-0.2, 0) is 19.2 Å². The number of hydrogen-bond donors (Lipinski definition) is 6. The summed E-state index contributed by atoms with van der Waals surface area (Å²) in [6, 6.07) is 7.39. The predicted molar refractivity (Wildman–Crippen MR) is 206 cm³/mol. The summed E-state index contributed by atoms with van der Waals surface area (Å²) in [5, 5.41) is 11.8. The highest BCUT2D eigenvalue weighted by molar-refractivity contribution is 6.07. The van der Waals surface area contributed by atoms with Gasteiger partial charge in [0.15, 0.2) is 12.1 Å². The van der Waals surface area contributed by atoms with Crippen molar-refractivity contribution < 1.29 is 33.2 Å². The zero-order chi connectivity index (χ0) is 39.8. The van der Waals surface area contributed by atoms with Crippen LogP contribution in [0.3, 0.4) is 0 Å². The zero-order valence-corrected chi connectivity index (χ0v) is 30.7. The number of halogens is 1. The molecule has 2 aromatic heterocycles. The van der Waals surface area contributed by atoms with Crippen LogP contribution in [0, 0.1) is 12.7 Å². The third-order valence-electron chi connectivity index (χ3n) is 8.50. The third kappa shape index (κ3) is 10.8. The van der Waals surface area contributed by atoms with Gasteiger partial charge in [-0.25, -0.2) is 9.37 Å². The van der Waals surface area contributed by atoms with Gasteiger partial charge in [0, 0.05) is 80.2 Å². The minimum absolute atomic E-state index is 0.0492. The Morgan fingerprint density at radius 2 is 1.72 bits per heavy atom. The average Bonchev–Trinajstić information content (AvgIpc) is 3.17. The van der Waals surface area contributed by atoms with Gasteiger partial charge in [-0.15, -0.1) is 0 Å². The Labute approximate surface area is 312 Å². The molecule has 8 N–H and O–H groups in total. The number of pyridine rings is 2. The Kier molecular flexibility index (Phi) is 16.0. The molecule has 4 amide bonds. The lowest BCUT2D eigenvalue weighted by Gasteiger charge is -2.25. The maximum absolute atomic E-state index is 15.2. The van der Waals surface area contributed by atoms with Crippen molar-refractivity contribution in [1.29, 1.82) is 0 Å². The fourth-order valence-electron chi connectivity index (χ4n) is 5.51. The maximum atomic E-state index is 15.2. The van der Waals surface area contributed by atoms with Crippen LogP contribution in [0.25, 0.3) is 21.9 Å². The monoisotopic (exact) mass is 743 g/mol. The molecule has 15 nitrogen and oxygen atoms in total. The Morgan fingerprint density at radius 1 is 1.00 bits per heavy atom. The number of nitrogens with zero attached hydrogens (tertiary/aromatic N) is 3. The highest BCUT2D eigenvalue weighted by Crippen LogP contribution is 2.36. The van der Waals surface area contributed by atoms with Crippen LogP contribution in [0.5, 0.6) is 0 Å². The van der Waals surface area contributed by atoms with Crippen molar-refractivity contribution in [3.05, 3.63) is 71.4 Å². The van der Waals surface area contributed by atoms with Gasteiger partial charge in [0.25, 0.3) is 5.91 Å². The van der Waals surface area contributed by atoms with Crippen molar-refractivity contribution in [1.82, 2.24) is 25.5 Å². The van der Waals surface area contributed by atoms with Crippen LogP contribution < -0.4 is 32.7 Å². The average molecular weight is 744 g/mol. The molecule has 1 atom stereocenters. The van der Waals surface area contributed by atoms with Crippen molar-refractivity contribution in [2.75, 3.05) is 49.3 Å². The summed E-state index contributed by atoms with van der Waals surface area (Å²) in [4.78, 5) is 80.3. The van der Waals surface area contributed by atoms with Crippen molar-refractivity contribution >= 4 is 70.4 Å². The SMILES string of the molecule is CCCC(C=O)N(C)C(=O)c1c(C=O)cccc1NCCNC(=O)CCCC(=O)Nc1cc2cc(-c3cncc(N)c3C)c(F)c(N)c2cn1.CNC=O. The van der Waals surface area contributed by atoms with E-state index in [9.17, 15) is 24.0 Å². The first kappa shape index (κ1) is 42.0. The van der Waals surface area contributed by atoms with Gasteiger partial charge in [0.05, 0.1) is 29.2 Å². The lowest BCUT2D eigenvalue weighted by atomic mass is 9.97. The summed E-state index contributed by atoms with van der Waals surface area (Å²) in [5.41, 5.74) is 14.5. The second-order valence-electron chi connectivity index (χ2n) is 12.2. The molecule has 54 heavy (non-hydrogen) atoms. The lowest BCUT2D eigenvalue weighted by Crippen LogP contribution is -2.39. The first-order valence-electron chi connectivity index (χ1n) is 17.2. The standard InChI is InChI=1S/C36H41FN8O5.C2H5NO/c1-4-7-24(20-47)45(3)36(50)33-22(19-46)8-5-9-29(33)41-12-13-42-31(48)10-6-11-32(49)44-30-15-23-14-25(26-16-40-18-28(38)21(26)2)34(37)35(39)27(23)17-43-30;1-3-2-4/h5,8-9,14-20,24,41H,4,6-7,10-13,38-39H2,1-3H3,(H,42,48)(H,43,44,49);2H,1H3,(H,3,4). The maximum Gasteiger partial charge on any atom is 0.257 e. The van der Waals surface area contributed by atoms with Gasteiger partial charge in [-0.2, -0.15) is 0 Å². The quantitative estimate of drug-likeness (QED) is 0.0517. The van der Waals surface area contributed by atoms with Gasteiger partial charge in [-0.3, -0.25) is 29.0 Å². The number of carbonyl (C=O) groups excluding carboxylic acids is 6. The number of carbonyl (C=O) groups is 6. The Hall–Kier alpha value is -6.45. The van der Waals surface area contributed by atoms with Crippen LogP contribution in [0.15, 0.2) is 48.9 Å². The van der Waals surface area contributed by atoms with E-state index < -0.39 is 17.8 Å². The number of aromatic nitrogens is 2. The Bertz CT molecular complexity index is 1990. The number of anilines is 4. The third-order valence-corrected chi connectivity index (χ3v) is 8.50. The number of likely N-dealkylation sites (N-methyl/N-ethyl adjacent to an activating group) is 1. The smallest absolute Gasteiger partial charge is 0.257 e. The van der Waals surface area contributed by atoms with Crippen LogP contribution in [0.1, 0.15) is 65.3 Å². The molecule has 4 aromatic rings. The molecule has 0 saturated heterocycles. The number of amides is 4. The number of rotatable bonds is 17. The molecular weight excluding hydrogens is 697 g/mol. The van der Waals surface area contributed by atoms with E-state index in [1.165, 1.54) is 36.6 Å². The summed E-state index contributed by atoms with van der Waals surface area (Å²) in [5.74, 6) is -1.47. The van der Waals surface area contributed by atoms with E-state index in [1.807, 2.05) is 6.92 Å². The van der Waals surface area contributed by atoms with E-state index >= 15 is 4.39 Å². The Morgan fingerprint density at radius 3 is 2.39 bits per heavy atom. The summed E-state index contributed by atoms with van der Waals surface area (Å²) >= 11 is 0. The second kappa shape index (κ2) is 20.6. The molecule has 4 rings (SSSR count). The molecule has 0 radical (unpaired) electrons. The zero-order valence-electron chi connectivity index (χ0n) is 30.7. The van der Waals surface area contributed by atoms with Crippen LogP contribution in [0.2, 0.25) is 0 Å². The molecule has 0 aliphatic rings. The minimum atomic E-state index is -0.619. The van der Waals surface area contributed by atoms with E-state index in [0.717, 1.165) is 6.29 Å². The largest absolute Gasteiger partial charge is 0.397 e. The molecular formula is C38H46FN9O6. The number of nitrogens with two attached hydrogens (primary N) is 2. The van der Waals surface area contributed by atoms with Crippen LogP contribution >= 0.6 is 0 Å². The highest BCUT2D eigenvalue weighted by atomic mass is 19.1. The van der Waals surface area contributed by atoms with Crippen molar-refractivity contribution in [3.63, 3.8) is 0 Å². The van der Waals surface area contributed by atoms with Crippen molar-refractivity contribution in [2.24, 2.45) is 0 Å². The normalized spacial score (nSPS) is 11.0. The molecule has 0 spiro atoms. The number of hydrogen-bond acceptors (Lipinski definition) is 11.